The van der Waals surface area contributed by atoms with Crippen LogP contribution < -0.4 is 5.73 Å². The molecule has 2 N–H and O–H groups in total. The van der Waals surface area contributed by atoms with E-state index < -0.39 is 0 Å². The number of aliphatic imine (C=N–C) groups is 1. The Kier molecular flexibility index (Phi) is 3.47. The first-order valence-electron chi connectivity index (χ1n) is 3.24. The van der Waals surface area contributed by atoms with E-state index in [1.807, 2.05) is 13.8 Å². The summed E-state index contributed by atoms with van der Waals surface area (Å²) in [6.45, 7) is 11.8. The predicted octanol–water partition coefficient (Wildman–Crippen LogP) is 1.50. The average Bonchev–Trinajstić information content (AvgIpc) is 1.81. The molecule has 0 bridgehead atoms. The van der Waals surface area contributed by atoms with Gasteiger partial charge in [-0.2, -0.15) is 0 Å². The average molecular weight is 138 g/mol. The SMILES string of the molecule is C=C(C)/C(=N/CC)C(=C)N. The van der Waals surface area contributed by atoms with Gasteiger partial charge < -0.3 is 5.73 Å². The third kappa shape index (κ3) is 2.49. The molecule has 0 rings (SSSR count). The van der Waals surface area contributed by atoms with Gasteiger partial charge in [0.2, 0.25) is 0 Å². The monoisotopic (exact) mass is 138 g/mol. The van der Waals surface area contributed by atoms with Crippen LogP contribution in [0.15, 0.2) is 29.4 Å². The molecule has 10 heavy (non-hydrogen) atoms. The van der Waals surface area contributed by atoms with Gasteiger partial charge in [-0.25, -0.2) is 0 Å². The molecule has 0 heterocycles. The van der Waals surface area contributed by atoms with Crippen molar-refractivity contribution in [3.63, 3.8) is 0 Å². The van der Waals surface area contributed by atoms with E-state index in [0.717, 1.165) is 17.8 Å². The summed E-state index contributed by atoms with van der Waals surface area (Å²) in [6, 6.07) is 0. The van der Waals surface area contributed by atoms with E-state index in [0.29, 0.717) is 5.70 Å². The molecule has 0 amide bonds. The van der Waals surface area contributed by atoms with Crippen LogP contribution in [0, 0.1) is 0 Å². The lowest BCUT2D eigenvalue weighted by Crippen LogP contribution is -2.11. The van der Waals surface area contributed by atoms with Crippen LogP contribution in [0.4, 0.5) is 0 Å². The molecular weight excluding hydrogens is 124 g/mol. The van der Waals surface area contributed by atoms with Gasteiger partial charge >= 0.3 is 0 Å². The van der Waals surface area contributed by atoms with E-state index in [4.69, 9.17) is 5.73 Å². The normalized spacial score (nSPS) is 11.2. The van der Waals surface area contributed by atoms with Gasteiger partial charge in [-0.1, -0.05) is 13.2 Å². The maximum absolute atomic E-state index is 5.44. The van der Waals surface area contributed by atoms with Crippen molar-refractivity contribution < 1.29 is 0 Å². The van der Waals surface area contributed by atoms with Gasteiger partial charge in [-0.05, 0) is 19.4 Å². The van der Waals surface area contributed by atoms with Crippen LogP contribution in [0.3, 0.4) is 0 Å². The van der Waals surface area contributed by atoms with Crippen LogP contribution in [-0.2, 0) is 0 Å². The van der Waals surface area contributed by atoms with Crippen LogP contribution in [0.1, 0.15) is 13.8 Å². The first-order chi connectivity index (χ1) is 4.59. The van der Waals surface area contributed by atoms with Gasteiger partial charge in [-0.15, -0.1) is 0 Å². The minimum absolute atomic E-state index is 0.495. The largest absolute Gasteiger partial charge is 0.397 e. The lowest BCUT2D eigenvalue weighted by molar-refractivity contribution is 1.12. The Labute approximate surface area is 62.1 Å². The van der Waals surface area contributed by atoms with E-state index in [1.54, 1.807) is 0 Å². The highest BCUT2D eigenvalue weighted by Crippen LogP contribution is 1.98. The fraction of sp³-hybridized carbons (Fsp3) is 0.375. The number of hydrogen-bond donors (Lipinski definition) is 1. The smallest absolute Gasteiger partial charge is 0.0820 e. The van der Waals surface area contributed by atoms with E-state index in [2.05, 4.69) is 18.2 Å². The second-order valence-electron chi connectivity index (χ2n) is 2.13. The number of rotatable bonds is 3. The molecule has 0 fully saturated rings. The molecule has 0 atom stereocenters. The summed E-state index contributed by atoms with van der Waals surface area (Å²) in [6.07, 6.45) is 0. The number of nitrogens with two attached hydrogens (primary N) is 1. The summed E-state index contributed by atoms with van der Waals surface area (Å²) in [5.74, 6) is 0. The fourth-order valence-electron chi connectivity index (χ4n) is 0.669. The van der Waals surface area contributed by atoms with Crippen molar-refractivity contribution in [2.75, 3.05) is 6.54 Å². The summed E-state index contributed by atoms with van der Waals surface area (Å²) < 4.78 is 0. The van der Waals surface area contributed by atoms with Crippen LogP contribution in [-0.4, -0.2) is 12.3 Å². The van der Waals surface area contributed by atoms with Crippen molar-refractivity contribution in [1.82, 2.24) is 0 Å². The molecule has 0 aliphatic carbocycles. The fourth-order valence-corrected chi connectivity index (χ4v) is 0.669. The first-order valence-corrected chi connectivity index (χ1v) is 3.24. The molecule has 0 radical (unpaired) electrons. The molecule has 0 aromatic rings. The first kappa shape index (κ1) is 8.95. The van der Waals surface area contributed by atoms with Gasteiger partial charge in [0.05, 0.1) is 5.71 Å². The third-order valence-corrected chi connectivity index (χ3v) is 1.02. The lowest BCUT2D eigenvalue weighted by Gasteiger charge is -2.02. The molecule has 0 aromatic heterocycles. The minimum Gasteiger partial charge on any atom is -0.397 e. The summed E-state index contributed by atoms with van der Waals surface area (Å²) in [5, 5.41) is 0. The molecule has 0 aliphatic rings. The summed E-state index contributed by atoms with van der Waals surface area (Å²) in [5.41, 5.74) is 7.54. The van der Waals surface area contributed by atoms with Gasteiger partial charge in [0.25, 0.3) is 0 Å². The second-order valence-corrected chi connectivity index (χ2v) is 2.13. The molecule has 0 aliphatic heterocycles. The number of nitrogens with zero attached hydrogens (tertiary/aromatic N) is 1. The van der Waals surface area contributed by atoms with Crippen molar-refractivity contribution >= 4 is 5.71 Å². The molecule has 0 aromatic carbocycles. The van der Waals surface area contributed by atoms with E-state index >= 15 is 0 Å². The molecule has 0 saturated carbocycles. The van der Waals surface area contributed by atoms with Crippen molar-refractivity contribution in [3.05, 3.63) is 24.4 Å². The van der Waals surface area contributed by atoms with Gasteiger partial charge in [0, 0.05) is 12.2 Å². The van der Waals surface area contributed by atoms with Gasteiger partial charge in [0.15, 0.2) is 0 Å². The van der Waals surface area contributed by atoms with Crippen molar-refractivity contribution in [2.24, 2.45) is 10.7 Å². The molecule has 2 heteroatoms. The Bertz CT molecular complexity index is 162. The van der Waals surface area contributed by atoms with Crippen LogP contribution in [0.25, 0.3) is 0 Å². The van der Waals surface area contributed by atoms with E-state index in [1.165, 1.54) is 0 Å². The van der Waals surface area contributed by atoms with E-state index in [9.17, 15) is 0 Å². The lowest BCUT2D eigenvalue weighted by atomic mass is 10.2. The highest BCUT2D eigenvalue weighted by atomic mass is 14.8. The molecule has 0 saturated heterocycles. The molecule has 56 valence electrons. The summed E-state index contributed by atoms with van der Waals surface area (Å²) >= 11 is 0. The van der Waals surface area contributed by atoms with Gasteiger partial charge in [-0.3, -0.25) is 4.99 Å². The summed E-state index contributed by atoms with van der Waals surface area (Å²) in [7, 11) is 0. The molecular formula is C8H14N2. The highest BCUT2D eigenvalue weighted by Gasteiger charge is 1.98. The Morgan fingerprint density at radius 3 is 2.10 bits per heavy atom. The zero-order valence-corrected chi connectivity index (χ0v) is 6.65. The number of hydrogen-bond acceptors (Lipinski definition) is 2. The minimum atomic E-state index is 0.495. The topological polar surface area (TPSA) is 38.4 Å². The molecule has 0 unspecified atom stereocenters. The highest BCUT2D eigenvalue weighted by molar-refractivity contribution is 6.10. The van der Waals surface area contributed by atoms with E-state index in [-0.39, 0.29) is 0 Å². The van der Waals surface area contributed by atoms with Gasteiger partial charge in [0.1, 0.15) is 0 Å². The quantitative estimate of drug-likeness (QED) is 0.589. The van der Waals surface area contributed by atoms with Crippen LogP contribution in [0.5, 0.6) is 0 Å². The van der Waals surface area contributed by atoms with Crippen LogP contribution in [0.2, 0.25) is 0 Å². The van der Waals surface area contributed by atoms with Crippen molar-refractivity contribution in [1.29, 1.82) is 0 Å². The zero-order valence-electron chi connectivity index (χ0n) is 6.65. The Hall–Kier alpha value is -1.05. The van der Waals surface area contributed by atoms with Crippen molar-refractivity contribution in [2.45, 2.75) is 13.8 Å². The Morgan fingerprint density at radius 1 is 1.50 bits per heavy atom. The second kappa shape index (κ2) is 3.88. The predicted molar refractivity (Wildman–Crippen MR) is 46.1 cm³/mol. The Balaban J connectivity index is 4.42. The Morgan fingerprint density at radius 2 is 2.00 bits per heavy atom. The summed E-state index contributed by atoms with van der Waals surface area (Å²) in [4.78, 5) is 4.12. The standard InChI is InChI=1S/C8H14N2/c1-5-10-8(6(2)3)7(4)9/h2,4-5,9H2,1,3H3/b10-8-. The van der Waals surface area contributed by atoms with Crippen molar-refractivity contribution in [3.8, 4) is 0 Å². The zero-order chi connectivity index (χ0) is 8.15. The molecule has 0 spiro atoms. The molecule has 2 nitrogen and oxygen atoms in total. The van der Waals surface area contributed by atoms with Crippen LogP contribution >= 0.6 is 0 Å². The number of allylic oxidation sites excluding steroid dienone is 1. The third-order valence-electron chi connectivity index (χ3n) is 1.02. The maximum Gasteiger partial charge on any atom is 0.0820 e. The maximum atomic E-state index is 5.44.